The van der Waals surface area contributed by atoms with Crippen molar-refractivity contribution in [2.24, 2.45) is 29.1 Å². The molecule has 0 N–H and O–H groups in total. The smallest absolute Gasteiger partial charge is 0.172 e. The summed E-state index contributed by atoms with van der Waals surface area (Å²) in [5.74, 6) is 3.00. The van der Waals surface area contributed by atoms with Gasteiger partial charge in [-0.15, -0.1) is 6.58 Å². The van der Waals surface area contributed by atoms with Gasteiger partial charge in [0.2, 0.25) is 0 Å². The van der Waals surface area contributed by atoms with E-state index >= 15 is 0 Å². The van der Waals surface area contributed by atoms with E-state index in [2.05, 4.69) is 43.8 Å². The molecule has 4 fully saturated rings. The highest BCUT2D eigenvalue weighted by Crippen LogP contribution is 2.64. The van der Waals surface area contributed by atoms with Gasteiger partial charge in [0.25, 0.3) is 0 Å². The van der Waals surface area contributed by atoms with Crippen LogP contribution < -0.4 is 0 Å². The molecule has 6 rings (SSSR count). The molecule has 3 heteroatoms. The van der Waals surface area contributed by atoms with Crippen molar-refractivity contribution >= 4 is 5.78 Å². The molecule has 0 unspecified atom stereocenters. The summed E-state index contributed by atoms with van der Waals surface area (Å²) in [5.41, 5.74) is 4.17. The molecule has 6 atom stereocenters. The van der Waals surface area contributed by atoms with Gasteiger partial charge in [0.15, 0.2) is 5.79 Å². The van der Waals surface area contributed by atoms with Gasteiger partial charge in [-0.2, -0.15) is 0 Å². The molecule has 0 aromatic heterocycles. The Morgan fingerprint density at radius 3 is 2.66 bits per heavy atom. The highest BCUT2D eigenvalue weighted by atomic mass is 16.7. The summed E-state index contributed by atoms with van der Waals surface area (Å²) in [6.07, 6.45) is 12.5. The Morgan fingerprint density at radius 1 is 1.12 bits per heavy atom. The lowest BCUT2D eigenvalue weighted by atomic mass is 9.48. The SMILES string of the molecule is C=CCc1ccc([C@H]2C[C@]3(C)C(=O)CC[C@H]3[C@@H]3CC=C4CC5(CC[C@@H]4[C@H]32)OCCO5)cc1. The molecule has 1 heterocycles. The zero-order chi connectivity index (χ0) is 21.9. The second kappa shape index (κ2) is 7.67. The summed E-state index contributed by atoms with van der Waals surface area (Å²) in [7, 11) is 0. The maximum Gasteiger partial charge on any atom is 0.172 e. The van der Waals surface area contributed by atoms with Crippen LogP contribution in [0, 0.1) is 29.1 Å². The summed E-state index contributed by atoms with van der Waals surface area (Å²) in [6.45, 7) is 7.63. The second-order valence-electron chi connectivity index (χ2n) is 11.2. The molecule has 3 saturated carbocycles. The molecule has 0 radical (unpaired) electrons. The van der Waals surface area contributed by atoms with E-state index in [-0.39, 0.29) is 11.2 Å². The lowest BCUT2D eigenvalue weighted by molar-refractivity contribution is -0.176. The van der Waals surface area contributed by atoms with Crippen LogP contribution in [-0.2, 0) is 20.7 Å². The number of Topliss-reactive ketones (excluding diaryl/α,β-unsaturated/α-hetero) is 1. The minimum Gasteiger partial charge on any atom is -0.347 e. The first kappa shape index (κ1) is 20.9. The van der Waals surface area contributed by atoms with E-state index in [0.717, 1.165) is 64.6 Å². The summed E-state index contributed by atoms with van der Waals surface area (Å²) in [5, 5.41) is 0. The van der Waals surface area contributed by atoms with Crippen molar-refractivity contribution in [3.8, 4) is 0 Å². The number of ether oxygens (including phenoxy) is 2. The summed E-state index contributed by atoms with van der Waals surface area (Å²) in [4.78, 5) is 13.1. The number of fused-ring (bicyclic) bond motifs is 5. The highest BCUT2D eigenvalue weighted by Gasteiger charge is 2.60. The average Bonchev–Trinajstić information content (AvgIpc) is 3.37. The highest BCUT2D eigenvalue weighted by molar-refractivity contribution is 5.87. The molecular weight excluding hydrogens is 396 g/mol. The molecule has 1 saturated heterocycles. The molecule has 0 amide bonds. The summed E-state index contributed by atoms with van der Waals surface area (Å²) in [6, 6.07) is 9.23. The third kappa shape index (κ3) is 3.11. The largest absolute Gasteiger partial charge is 0.347 e. The fraction of sp³-hybridized carbons (Fsp3) is 0.621. The van der Waals surface area contributed by atoms with E-state index < -0.39 is 0 Å². The fourth-order valence-electron chi connectivity index (χ4n) is 8.30. The summed E-state index contributed by atoms with van der Waals surface area (Å²) < 4.78 is 12.2. The van der Waals surface area contributed by atoms with Crippen molar-refractivity contribution in [1.29, 1.82) is 0 Å². The van der Waals surface area contributed by atoms with Crippen molar-refractivity contribution in [3.63, 3.8) is 0 Å². The molecule has 170 valence electrons. The van der Waals surface area contributed by atoms with E-state index in [1.54, 1.807) is 5.57 Å². The third-order valence-corrected chi connectivity index (χ3v) is 9.76. The molecule has 1 aliphatic heterocycles. The molecule has 5 aliphatic rings. The summed E-state index contributed by atoms with van der Waals surface area (Å²) >= 11 is 0. The maximum atomic E-state index is 13.1. The van der Waals surface area contributed by atoms with Gasteiger partial charge in [-0.3, -0.25) is 4.79 Å². The van der Waals surface area contributed by atoms with E-state index in [0.29, 0.717) is 35.4 Å². The lowest BCUT2D eigenvalue weighted by Crippen LogP contribution is -2.51. The van der Waals surface area contributed by atoms with Gasteiger partial charge in [0.05, 0.1) is 13.2 Å². The Balaban J connectivity index is 1.38. The fourth-order valence-corrected chi connectivity index (χ4v) is 8.30. The Bertz CT molecular complexity index is 938. The lowest BCUT2D eigenvalue weighted by Gasteiger charge is -2.56. The van der Waals surface area contributed by atoms with Gasteiger partial charge in [0.1, 0.15) is 5.78 Å². The Hall–Kier alpha value is -1.71. The minimum atomic E-state index is -0.358. The van der Waals surface area contributed by atoms with Gasteiger partial charge in [-0.1, -0.05) is 48.9 Å². The zero-order valence-corrected chi connectivity index (χ0v) is 19.4. The predicted octanol–water partition coefficient (Wildman–Crippen LogP) is 5.99. The van der Waals surface area contributed by atoms with Crippen LogP contribution in [0.25, 0.3) is 0 Å². The van der Waals surface area contributed by atoms with Crippen molar-refractivity contribution in [3.05, 3.63) is 59.7 Å². The first-order valence-electron chi connectivity index (χ1n) is 12.7. The Labute approximate surface area is 192 Å². The predicted molar refractivity (Wildman–Crippen MR) is 125 cm³/mol. The van der Waals surface area contributed by atoms with E-state index in [9.17, 15) is 4.79 Å². The van der Waals surface area contributed by atoms with Crippen molar-refractivity contribution in [1.82, 2.24) is 0 Å². The molecule has 1 spiro atoms. The standard InChI is InChI=1S/C29H36O3/c1-3-4-19-5-7-20(8-6-19)24-18-28(2)25(11-12-26(28)30)23-10-9-21-17-29(31-15-16-32-29)14-13-22(21)27(23)24/h3,5-9,22-25,27H,1,4,10-18H2,2H3/t22-,23-,24+,25-,27+,28-/m0/s1. The van der Waals surface area contributed by atoms with Crippen LogP contribution in [0.1, 0.15) is 68.9 Å². The van der Waals surface area contributed by atoms with Crippen LogP contribution in [0.5, 0.6) is 0 Å². The molecule has 1 aromatic rings. The first-order chi connectivity index (χ1) is 15.5. The van der Waals surface area contributed by atoms with Crippen LogP contribution in [0.3, 0.4) is 0 Å². The number of carbonyl (C=O) groups is 1. The van der Waals surface area contributed by atoms with Gasteiger partial charge >= 0.3 is 0 Å². The van der Waals surface area contributed by atoms with Crippen LogP contribution >= 0.6 is 0 Å². The number of hydrogen-bond donors (Lipinski definition) is 0. The quantitative estimate of drug-likeness (QED) is 0.550. The molecule has 1 aromatic carbocycles. The van der Waals surface area contributed by atoms with Gasteiger partial charge in [0, 0.05) is 24.7 Å². The first-order valence-corrected chi connectivity index (χ1v) is 12.7. The third-order valence-electron chi connectivity index (χ3n) is 9.76. The van der Waals surface area contributed by atoms with E-state index in [4.69, 9.17) is 9.47 Å². The number of rotatable bonds is 3. The molecule has 3 nitrogen and oxygen atoms in total. The molecule has 32 heavy (non-hydrogen) atoms. The number of ketones is 1. The number of allylic oxidation sites excluding steroid dienone is 2. The van der Waals surface area contributed by atoms with E-state index in [1.807, 2.05) is 6.08 Å². The van der Waals surface area contributed by atoms with Crippen LogP contribution in [-0.4, -0.2) is 24.8 Å². The van der Waals surface area contributed by atoms with E-state index in [1.165, 1.54) is 11.1 Å². The van der Waals surface area contributed by atoms with Crippen LogP contribution in [0.4, 0.5) is 0 Å². The van der Waals surface area contributed by atoms with Crippen molar-refractivity contribution < 1.29 is 14.3 Å². The Morgan fingerprint density at radius 2 is 1.91 bits per heavy atom. The Kier molecular flexibility index (Phi) is 5.00. The van der Waals surface area contributed by atoms with Crippen molar-refractivity contribution in [2.75, 3.05) is 13.2 Å². The van der Waals surface area contributed by atoms with Crippen molar-refractivity contribution in [2.45, 2.75) is 70.0 Å². The van der Waals surface area contributed by atoms with Crippen LogP contribution in [0.2, 0.25) is 0 Å². The second-order valence-corrected chi connectivity index (χ2v) is 11.2. The number of carbonyl (C=O) groups excluding carboxylic acids is 1. The molecule has 0 bridgehead atoms. The van der Waals surface area contributed by atoms with Gasteiger partial charge in [-0.25, -0.2) is 0 Å². The normalized spacial score (nSPS) is 39.8. The topological polar surface area (TPSA) is 35.5 Å². The number of benzene rings is 1. The molecular formula is C29H36O3. The van der Waals surface area contributed by atoms with Gasteiger partial charge < -0.3 is 9.47 Å². The minimum absolute atomic E-state index is 0.148. The van der Waals surface area contributed by atoms with Crippen LogP contribution in [0.15, 0.2) is 48.6 Å². The molecule has 4 aliphatic carbocycles. The number of hydrogen-bond acceptors (Lipinski definition) is 3. The average molecular weight is 433 g/mol. The monoisotopic (exact) mass is 432 g/mol. The zero-order valence-electron chi connectivity index (χ0n) is 19.4. The maximum absolute atomic E-state index is 13.1. The van der Waals surface area contributed by atoms with Gasteiger partial charge in [-0.05, 0) is 72.8 Å².